The van der Waals surface area contributed by atoms with Gasteiger partial charge in [-0.1, -0.05) is 60.7 Å². The predicted molar refractivity (Wildman–Crippen MR) is 107 cm³/mol. The number of aliphatic imine (C=N–C) groups is 1. The van der Waals surface area contributed by atoms with E-state index in [9.17, 15) is 0 Å². The molecule has 0 aromatic heterocycles. The second-order valence-corrected chi connectivity index (χ2v) is 7.09. The third-order valence-corrected chi connectivity index (χ3v) is 5.66. The van der Waals surface area contributed by atoms with E-state index in [1.54, 1.807) is 26.0 Å². The molecule has 0 fully saturated rings. The summed E-state index contributed by atoms with van der Waals surface area (Å²) in [4.78, 5) is 6.10. The molecule has 0 bridgehead atoms. The van der Waals surface area contributed by atoms with Gasteiger partial charge in [-0.15, -0.1) is 11.8 Å². The van der Waals surface area contributed by atoms with Crippen molar-refractivity contribution >= 4 is 23.2 Å². The molecule has 1 heterocycles. The van der Waals surface area contributed by atoms with Gasteiger partial charge in [-0.05, 0) is 17.2 Å². The zero-order valence-electron chi connectivity index (χ0n) is 14.7. The highest BCUT2D eigenvalue weighted by Gasteiger charge is 2.29. The van der Waals surface area contributed by atoms with Gasteiger partial charge in [-0.25, -0.2) is 4.99 Å². The lowest BCUT2D eigenvalue weighted by molar-refractivity contribution is 0.393. The van der Waals surface area contributed by atoms with E-state index in [0.29, 0.717) is 0 Å². The van der Waals surface area contributed by atoms with Crippen LogP contribution in [0.25, 0.3) is 0 Å². The summed E-state index contributed by atoms with van der Waals surface area (Å²) in [7, 11) is 3.34. The topological polar surface area (TPSA) is 30.8 Å². The van der Waals surface area contributed by atoms with Gasteiger partial charge in [0, 0.05) is 11.0 Å². The number of rotatable bonds is 4. The van der Waals surface area contributed by atoms with Crippen molar-refractivity contribution in [3.05, 3.63) is 83.9 Å². The Morgan fingerprint density at radius 3 is 2.19 bits per heavy atom. The van der Waals surface area contributed by atoms with Crippen molar-refractivity contribution in [3.8, 4) is 11.5 Å². The van der Waals surface area contributed by atoms with Gasteiger partial charge in [0.1, 0.15) is 17.2 Å². The van der Waals surface area contributed by atoms with E-state index in [2.05, 4.69) is 36.4 Å². The number of fused-ring (bicyclic) bond motifs is 1. The van der Waals surface area contributed by atoms with E-state index in [1.165, 1.54) is 5.56 Å². The number of nitrogens with zero attached hydrogens (tertiary/aromatic N) is 1. The Balaban J connectivity index is 1.91. The molecule has 0 saturated carbocycles. The Bertz CT molecular complexity index is 939. The zero-order valence-corrected chi connectivity index (χ0v) is 15.5. The van der Waals surface area contributed by atoms with Gasteiger partial charge in [-0.2, -0.15) is 0 Å². The van der Waals surface area contributed by atoms with Crippen molar-refractivity contribution < 1.29 is 9.47 Å². The monoisotopic (exact) mass is 361 g/mol. The van der Waals surface area contributed by atoms with Crippen LogP contribution in [0.1, 0.15) is 16.4 Å². The Hall–Kier alpha value is -2.72. The Morgan fingerprint density at radius 1 is 0.846 bits per heavy atom. The molecule has 0 saturated heterocycles. The highest BCUT2D eigenvalue weighted by atomic mass is 32.2. The minimum absolute atomic E-state index is 0.114. The molecule has 0 N–H and O–H groups in total. The van der Waals surface area contributed by atoms with Gasteiger partial charge in [0.05, 0.1) is 25.2 Å². The highest BCUT2D eigenvalue weighted by molar-refractivity contribution is 8.00. The van der Waals surface area contributed by atoms with E-state index in [4.69, 9.17) is 14.5 Å². The highest BCUT2D eigenvalue weighted by Crippen LogP contribution is 2.51. The molecule has 0 amide bonds. The van der Waals surface area contributed by atoms with Crippen molar-refractivity contribution in [2.24, 2.45) is 4.99 Å². The lowest BCUT2D eigenvalue weighted by Crippen LogP contribution is -2.14. The van der Waals surface area contributed by atoms with Gasteiger partial charge < -0.3 is 9.47 Å². The first kappa shape index (κ1) is 16.7. The minimum atomic E-state index is 0.114. The fourth-order valence-corrected chi connectivity index (χ4v) is 4.36. The minimum Gasteiger partial charge on any atom is -0.497 e. The van der Waals surface area contributed by atoms with Crippen LogP contribution in [0.3, 0.4) is 0 Å². The molecule has 1 atom stereocenters. The van der Waals surface area contributed by atoms with Crippen molar-refractivity contribution in [3.63, 3.8) is 0 Å². The molecule has 3 aromatic rings. The molecule has 130 valence electrons. The predicted octanol–water partition coefficient (Wildman–Crippen LogP) is 5.67. The van der Waals surface area contributed by atoms with Crippen molar-refractivity contribution in [1.82, 2.24) is 0 Å². The van der Waals surface area contributed by atoms with Crippen LogP contribution in [0.15, 0.2) is 82.7 Å². The first-order chi connectivity index (χ1) is 12.8. The molecule has 4 rings (SSSR count). The van der Waals surface area contributed by atoms with Crippen molar-refractivity contribution in [2.75, 3.05) is 14.2 Å². The summed E-state index contributed by atoms with van der Waals surface area (Å²) in [5.41, 5.74) is 4.26. The Kier molecular flexibility index (Phi) is 4.67. The van der Waals surface area contributed by atoms with Crippen LogP contribution >= 0.6 is 11.8 Å². The second kappa shape index (κ2) is 7.26. The van der Waals surface area contributed by atoms with E-state index in [-0.39, 0.29) is 5.25 Å². The Morgan fingerprint density at radius 2 is 1.54 bits per heavy atom. The standard InChI is InChI=1S/C22H19NO2S/c1-24-17-13-18(25-2)21-19(14-17)26-22(16-11-7-4-8-12-16)20(23-21)15-9-5-3-6-10-15/h3-14,22H,1-2H3. The van der Waals surface area contributed by atoms with Gasteiger partial charge in [0.25, 0.3) is 0 Å². The normalized spacial score (nSPS) is 15.8. The van der Waals surface area contributed by atoms with Gasteiger partial charge in [0.2, 0.25) is 0 Å². The summed E-state index contributed by atoms with van der Waals surface area (Å²) < 4.78 is 11.0. The summed E-state index contributed by atoms with van der Waals surface area (Å²) in [6.45, 7) is 0. The van der Waals surface area contributed by atoms with Crippen LogP contribution in [0, 0.1) is 0 Å². The summed E-state index contributed by atoms with van der Waals surface area (Å²) in [5.74, 6) is 1.50. The van der Waals surface area contributed by atoms with Crippen LogP contribution in [-0.2, 0) is 0 Å². The molecule has 0 radical (unpaired) electrons. The Labute approximate surface area is 157 Å². The van der Waals surface area contributed by atoms with Crippen LogP contribution in [0.5, 0.6) is 11.5 Å². The molecule has 26 heavy (non-hydrogen) atoms. The van der Waals surface area contributed by atoms with Crippen LogP contribution in [0.4, 0.5) is 5.69 Å². The molecule has 0 spiro atoms. The summed E-state index contributed by atoms with van der Waals surface area (Å²) >= 11 is 1.78. The molecule has 4 heteroatoms. The van der Waals surface area contributed by atoms with E-state index >= 15 is 0 Å². The van der Waals surface area contributed by atoms with Crippen LogP contribution < -0.4 is 9.47 Å². The average molecular weight is 361 g/mol. The molecular formula is C22H19NO2S. The smallest absolute Gasteiger partial charge is 0.149 e. The lowest BCUT2D eigenvalue weighted by atomic mass is 10.0. The van der Waals surface area contributed by atoms with Gasteiger partial charge in [-0.3, -0.25) is 0 Å². The zero-order chi connectivity index (χ0) is 17.9. The average Bonchev–Trinajstić information content (AvgIpc) is 2.73. The largest absolute Gasteiger partial charge is 0.497 e. The first-order valence-corrected chi connectivity index (χ1v) is 9.29. The summed E-state index contributed by atoms with van der Waals surface area (Å²) in [6, 6.07) is 24.7. The van der Waals surface area contributed by atoms with Crippen molar-refractivity contribution in [1.29, 1.82) is 0 Å². The number of thioether (sulfide) groups is 1. The molecular weight excluding hydrogens is 342 g/mol. The molecule has 0 aliphatic carbocycles. The molecule has 1 aliphatic rings. The fraction of sp³-hybridized carbons (Fsp3) is 0.136. The molecule has 1 aliphatic heterocycles. The number of benzene rings is 3. The maximum atomic E-state index is 5.58. The summed E-state index contributed by atoms with van der Waals surface area (Å²) in [5, 5.41) is 0.114. The fourth-order valence-electron chi connectivity index (χ4n) is 3.07. The number of hydrogen-bond acceptors (Lipinski definition) is 4. The third kappa shape index (κ3) is 3.08. The van der Waals surface area contributed by atoms with Crippen LogP contribution in [-0.4, -0.2) is 19.9 Å². The van der Waals surface area contributed by atoms with E-state index in [0.717, 1.165) is 33.4 Å². The first-order valence-electron chi connectivity index (χ1n) is 8.42. The number of hydrogen-bond donors (Lipinski definition) is 0. The van der Waals surface area contributed by atoms with E-state index < -0.39 is 0 Å². The molecule has 1 unspecified atom stereocenters. The summed E-state index contributed by atoms with van der Waals surface area (Å²) in [6.07, 6.45) is 0. The van der Waals surface area contributed by atoms with Crippen molar-refractivity contribution in [2.45, 2.75) is 10.1 Å². The van der Waals surface area contributed by atoms with Gasteiger partial charge in [0.15, 0.2) is 0 Å². The molecule has 3 aromatic carbocycles. The number of methoxy groups -OCH3 is 2. The van der Waals surface area contributed by atoms with Crippen LogP contribution in [0.2, 0.25) is 0 Å². The quantitative estimate of drug-likeness (QED) is 0.600. The molecule has 3 nitrogen and oxygen atoms in total. The lowest BCUT2D eigenvalue weighted by Gasteiger charge is -2.26. The maximum absolute atomic E-state index is 5.58. The van der Waals surface area contributed by atoms with E-state index in [1.807, 2.05) is 36.4 Å². The number of ether oxygens (including phenoxy) is 2. The van der Waals surface area contributed by atoms with Gasteiger partial charge >= 0.3 is 0 Å². The maximum Gasteiger partial charge on any atom is 0.149 e. The third-order valence-electron chi connectivity index (χ3n) is 4.37. The second-order valence-electron chi connectivity index (χ2n) is 5.95. The SMILES string of the molecule is COc1cc(OC)c2c(c1)SC(c1ccccc1)C(c1ccccc1)=N2.